The monoisotopic (exact) mass is 221 g/mol. The lowest BCUT2D eigenvalue weighted by Gasteiger charge is -2.24. The van der Waals surface area contributed by atoms with Crippen LogP contribution < -0.4 is 0 Å². The zero-order valence-electron chi connectivity index (χ0n) is 10.3. The highest BCUT2D eigenvalue weighted by Crippen LogP contribution is 2.11. The van der Waals surface area contributed by atoms with Crippen LogP contribution in [-0.4, -0.2) is 35.2 Å². The lowest BCUT2D eigenvalue weighted by atomic mass is 10.0. The maximum Gasteiger partial charge on any atom is 0.123 e. The van der Waals surface area contributed by atoms with Gasteiger partial charge in [-0.25, -0.2) is 0 Å². The van der Waals surface area contributed by atoms with Crippen molar-refractivity contribution in [3.05, 3.63) is 12.7 Å². The van der Waals surface area contributed by atoms with Gasteiger partial charge in [-0.15, -0.1) is 6.58 Å². The molecule has 0 amide bonds. The van der Waals surface area contributed by atoms with Gasteiger partial charge in [0, 0.05) is 0 Å². The van der Waals surface area contributed by atoms with Crippen LogP contribution in [0.4, 0.5) is 0 Å². The number of nitrogens with zero attached hydrogens (tertiary/aromatic N) is 1. The Labute approximate surface area is 99.3 Å². The number of allylic oxidation sites excluding steroid dienone is 1. The van der Waals surface area contributed by atoms with Crippen molar-refractivity contribution in [1.82, 2.24) is 4.90 Å². The topological polar surface area (TPSA) is 23.5 Å². The van der Waals surface area contributed by atoms with E-state index in [1.165, 1.54) is 19.3 Å². The molecule has 2 nitrogen and oxygen atoms in total. The SMILES string of the molecule is C=CCCC(C)(O)C#CCN1CCCCC1. The third-order valence-electron chi connectivity index (χ3n) is 2.94. The zero-order valence-corrected chi connectivity index (χ0v) is 10.3. The number of hydrogen-bond acceptors (Lipinski definition) is 2. The van der Waals surface area contributed by atoms with E-state index < -0.39 is 5.60 Å². The van der Waals surface area contributed by atoms with Gasteiger partial charge in [-0.3, -0.25) is 4.90 Å². The molecule has 1 heterocycles. The van der Waals surface area contributed by atoms with Crippen LogP contribution in [0, 0.1) is 11.8 Å². The van der Waals surface area contributed by atoms with E-state index in [2.05, 4.69) is 23.3 Å². The van der Waals surface area contributed by atoms with Crippen LogP contribution >= 0.6 is 0 Å². The molecule has 1 unspecified atom stereocenters. The summed E-state index contributed by atoms with van der Waals surface area (Å²) in [5.41, 5.74) is -0.857. The van der Waals surface area contributed by atoms with E-state index in [9.17, 15) is 5.11 Å². The highest BCUT2D eigenvalue weighted by molar-refractivity contribution is 5.13. The fourth-order valence-electron chi connectivity index (χ4n) is 1.90. The van der Waals surface area contributed by atoms with Crippen LogP contribution in [0.2, 0.25) is 0 Å². The molecule has 16 heavy (non-hydrogen) atoms. The molecular weight excluding hydrogens is 198 g/mol. The Kier molecular flexibility index (Phi) is 5.59. The van der Waals surface area contributed by atoms with Gasteiger partial charge in [0.25, 0.3) is 0 Å². The minimum Gasteiger partial charge on any atom is -0.378 e. The minimum absolute atomic E-state index is 0.670. The first-order valence-corrected chi connectivity index (χ1v) is 6.20. The van der Waals surface area contributed by atoms with Gasteiger partial charge in [-0.05, 0) is 45.7 Å². The quantitative estimate of drug-likeness (QED) is 0.581. The van der Waals surface area contributed by atoms with E-state index in [1.807, 2.05) is 6.08 Å². The van der Waals surface area contributed by atoms with E-state index >= 15 is 0 Å². The largest absolute Gasteiger partial charge is 0.378 e. The van der Waals surface area contributed by atoms with Crippen LogP contribution in [0.3, 0.4) is 0 Å². The second kappa shape index (κ2) is 6.73. The number of likely N-dealkylation sites (tertiary alicyclic amines) is 1. The Morgan fingerprint density at radius 1 is 1.38 bits per heavy atom. The van der Waals surface area contributed by atoms with E-state index in [0.717, 1.165) is 26.1 Å². The van der Waals surface area contributed by atoms with Crippen LogP contribution in [0.25, 0.3) is 0 Å². The van der Waals surface area contributed by atoms with Gasteiger partial charge in [0.15, 0.2) is 0 Å². The molecule has 0 radical (unpaired) electrons. The van der Waals surface area contributed by atoms with Crippen LogP contribution in [0.1, 0.15) is 39.0 Å². The first kappa shape index (κ1) is 13.3. The van der Waals surface area contributed by atoms with E-state index in [4.69, 9.17) is 0 Å². The smallest absolute Gasteiger partial charge is 0.123 e. The van der Waals surface area contributed by atoms with E-state index in [0.29, 0.717) is 6.42 Å². The van der Waals surface area contributed by atoms with E-state index in [1.54, 1.807) is 6.92 Å². The molecule has 0 aliphatic carbocycles. The Morgan fingerprint density at radius 2 is 2.06 bits per heavy atom. The van der Waals surface area contributed by atoms with Crippen LogP contribution in [0.15, 0.2) is 12.7 Å². The second-order valence-electron chi connectivity index (χ2n) is 4.74. The van der Waals surface area contributed by atoms with Gasteiger partial charge < -0.3 is 5.11 Å². The predicted octanol–water partition coefficient (Wildman–Crippen LogP) is 2.19. The lowest BCUT2D eigenvalue weighted by molar-refractivity contribution is 0.113. The predicted molar refractivity (Wildman–Crippen MR) is 68.1 cm³/mol. The fraction of sp³-hybridized carbons (Fsp3) is 0.714. The maximum absolute atomic E-state index is 9.94. The molecule has 0 spiro atoms. The maximum atomic E-state index is 9.94. The summed E-state index contributed by atoms with van der Waals surface area (Å²) in [5, 5.41) is 9.94. The van der Waals surface area contributed by atoms with Gasteiger partial charge in [-0.1, -0.05) is 24.3 Å². The molecule has 0 aromatic carbocycles. The Hall–Kier alpha value is -0.780. The molecule has 1 N–H and O–H groups in total. The highest BCUT2D eigenvalue weighted by Gasteiger charge is 2.15. The van der Waals surface area contributed by atoms with Crippen molar-refractivity contribution in [3.8, 4) is 11.8 Å². The minimum atomic E-state index is -0.857. The number of rotatable bonds is 4. The fourth-order valence-corrected chi connectivity index (χ4v) is 1.90. The average Bonchev–Trinajstić information content (AvgIpc) is 2.28. The molecule has 1 aliphatic heterocycles. The molecule has 0 bridgehead atoms. The number of aliphatic hydroxyl groups is 1. The molecule has 0 aromatic heterocycles. The Bertz CT molecular complexity index is 266. The first-order valence-electron chi connectivity index (χ1n) is 6.20. The summed E-state index contributed by atoms with van der Waals surface area (Å²) in [6.45, 7) is 8.54. The molecule has 0 saturated carbocycles. The summed E-state index contributed by atoms with van der Waals surface area (Å²) in [4.78, 5) is 2.36. The summed E-state index contributed by atoms with van der Waals surface area (Å²) in [6, 6.07) is 0. The molecule has 1 atom stereocenters. The van der Waals surface area contributed by atoms with Gasteiger partial charge in [0.2, 0.25) is 0 Å². The van der Waals surface area contributed by atoms with Gasteiger partial charge >= 0.3 is 0 Å². The lowest BCUT2D eigenvalue weighted by Crippen LogP contribution is -2.30. The van der Waals surface area contributed by atoms with Crippen molar-refractivity contribution in [1.29, 1.82) is 0 Å². The molecule has 1 aliphatic rings. The molecule has 1 fully saturated rings. The molecule has 1 rings (SSSR count). The van der Waals surface area contributed by atoms with Crippen molar-refractivity contribution in [3.63, 3.8) is 0 Å². The molecular formula is C14H23NO. The van der Waals surface area contributed by atoms with Gasteiger partial charge in [-0.2, -0.15) is 0 Å². The summed E-state index contributed by atoms with van der Waals surface area (Å²) in [5.74, 6) is 6.05. The van der Waals surface area contributed by atoms with Crippen LogP contribution in [0.5, 0.6) is 0 Å². The Balaban J connectivity index is 2.31. The standard InChI is InChI=1S/C14H23NO/c1-3-4-9-14(2,16)10-8-13-15-11-6-5-7-12-15/h3,16H,1,4-7,9,11-13H2,2H3. The van der Waals surface area contributed by atoms with E-state index in [-0.39, 0.29) is 0 Å². The number of piperidine rings is 1. The Morgan fingerprint density at radius 3 is 2.69 bits per heavy atom. The van der Waals surface area contributed by atoms with Crippen molar-refractivity contribution >= 4 is 0 Å². The van der Waals surface area contributed by atoms with Gasteiger partial charge in [0.1, 0.15) is 5.60 Å². The summed E-state index contributed by atoms with van der Waals surface area (Å²) in [6.07, 6.45) is 7.22. The third kappa shape index (κ3) is 5.34. The molecule has 0 aromatic rings. The molecule has 2 heteroatoms. The van der Waals surface area contributed by atoms with Crippen molar-refractivity contribution in [2.45, 2.75) is 44.6 Å². The average molecular weight is 221 g/mol. The molecule has 1 saturated heterocycles. The normalized spacial score (nSPS) is 20.6. The third-order valence-corrected chi connectivity index (χ3v) is 2.94. The van der Waals surface area contributed by atoms with Crippen molar-refractivity contribution < 1.29 is 5.11 Å². The van der Waals surface area contributed by atoms with Crippen molar-refractivity contribution in [2.24, 2.45) is 0 Å². The molecule has 90 valence electrons. The second-order valence-corrected chi connectivity index (χ2v) is 4.74. The summed E-state index contributed by atoms with van der Waals surface area (Å²) < 4.78 is 0. The highest BCUT2D eigenvalue weighted by atomic mass is 16.3. The van der Waals surface area contributed by atoms with Gasteiger partial charge in [0.05, 0.1) is 6.54 Å². The summed E-state index contributed by atoms with van der Waals surface area (Å²) in [7, 11) is 0. The first-order chi connectivity index (χ1) is 7.64. The van der Waals surface area contributed by atoms with Crippen LogP contribution in [-0.2, 0) is 0 Å². The number of hydrogen-bond donors (Lipinski definition) is 1. The zero-order chi connectivity index (χ0) is 11.9. The van der Waals surface area contributed by atoms with Crippen molar-refractivity contribution in [2.75, 3.05) is 19.6 Å². The summed E-state index contributed by atoms with van der Waals surface area (Å²) >= 11 is 0.